The maximum atomic E-state index is 9.75. The van der Waals surface area contributed by atoms with Crippen molar-refractivity contribution >= 4 is 5.65 Å². The van der Waals surface area contributed by atoms with E-state index in [2.05, 4.69) is 21.9 Å². The number of rotatable bonds is 2. The number of hydrogen-bond donors (Lipinski definition) is 1. The van der Waals surface area contributed by atoms with Gasteiger partial charge in [0.15, 0.2) is 17.2 Å². The van der Waals surface area contributed by atoms with Crippen LogP contribution in [-0.4, -0.2) is 44.2 Å². The van der Waals surface area contributed by atoms with Gasteiger partial charge in [0, 0.05) is 18.7 Å². The lowest BCUT2D eigenvalue weighted by Crippen LogP contribution is -2.34. The first kappa shape index (κ1) is 11.5. The Morgan fingerprint density at radius 2 is 2.39 bits per heavy atom. The van der Waals surface area contributed by atoms with Crippen LogP contribution in [0, 0.1) is 0 Å². The molecule has 0 aliphatic carbocycles. The van der Waals surface area contributed by atoms with Crippen LogP contribution in [-0.2, 0) is 0 Å². The van der Waals surface area contributed by atoms with Crippen molar-refractivity contribution in [3.63, 3.8) is 0 Å². The molecule has 1 unspecified atom stereocenters. The van der Waals surface area contributed by atoms with Gasteiger partial charge in [0.2, 0.25) is 0 Å². The summed E-state index contributed by atoms with van der Waals surface area (Å²) >= 11 is 0. The van der Waals surface area contributed by atoms with Crippen LogP contribution in [0.2, 0.25) is 0 Å². The van der Waals surface area contributed by atoms with Crippen molar-refractivity contribution in [2.24, 2.45) is 0 Å². The van der Waals surface area contributed by atoms with Gasteiger partial charge < -0.3 is 10.0 Å². The molecule has 1 N–H and O–H groups in total. The van der Waals surface area contributed by atoms with E-state index in [1.54, 1.807) is 16.6 Å². The molecule has 96 valence electrons. The van der Waals surface area contributed by atoms with Gasteiger partial charge in [-0.25, -0.2) is 9.50 Å². The first-order valence-electron chi connectivity index (χ1n) is 6.54. The second kappa shape index (κ2) is 4.57. The van der Waals surface area contributed by atoms with Gasteiger partial charge in [0.1, 0.15) is 0 Å². The maximum Gasteiger partial charge on any atom is 0.197 e. The summed E-state index contributed by atoms with van der Waals surface area (Å²) < 4.78 is 1.66. The first-order valence-corrected chi connectivity index (χ1v) is 6.54. The van der Waals surface area contributed by atoms with Crippen LogP contribution in [0.5, 0.6) is 5.75 Å². The molecule has 1 atom stereocenters. The molecular formula is C13H18N4O. The monoisotopic (exact) mass is 246 g/mol. The normalized spacial score (nSPS) is 21.5. The summed E-state index contributed by atoms with van der Waals surface area (Å²) in [6.45, 7) is 5.46. The molecule has 3 rings (SSSR count). The fourth-order valence-corrected chi connectivity index (χ4v) is 2.64. The molecule has 18 heavy (non-hydrogen) atoms. The Hall–Kier alpha value is -1.62. The van der Waals surface area contributed by atoms with Gasteiger partial charge >= 0.3 is 0 Å². The van der Waals surface area contributed by atoms with Crippen molar-refractivity contribution in [2.75, 3.05) is 19.6 Å². The topological polar surface area (TPSA) is 53.7 Å². The third-order valence-corrected chi connectivity index (χ3v) is 3.68. The lowest BCUT2D eigenvalue weighted by Gasteiger charge is -2.30. The van der Waals surface area contributed by atoms with Gasteiger partial charge in [-0.1, -0.05) is 6.92 Å². The molecule has 0 amide bonds. The quantitative estimate of drug-likeness (QED) is 0.875. The summed E-state index contributed by atoms with van der Waals surface area (Å²) in [5.74, 6) is 1.44. The highest BCUT2D eigenvalue weighted by molar-refractivity contribution is 5.51. The zero-order chi connectivity index (χ0) is 12.5. The average Bonchev–Trinajstić information content (AvgIpc) is 2.84. The molecule has 3 heterocycles. The second-order valence-electron chi connectivity index (χ2n) is 4.86. The Bertz CT molecular complexity index is 551. The predicted molar refractivity (Wildman–Crippen MR) is 68.7 cm³/mol. The van der Waals surface area contributed by atoms with E-state index in [-0.39, 0.29) is 5.75 Å². The molecule has 0 radical (unpaired) electrons. The van der Waals surface area contributed by atoms with Gasteiger partial charge in [-0.2, -0.15) is 5.10 Å². The minimum atomic E-state index is 0.194. The number of nitrogens with zero attached hydrogens (tertiary/aromatic N) is 4. The van der Waals surface area contributed by atoms with E-state index in [1.807, 2.05) is 6.20 Å². The van der Waals surface area contributed by atoms with Gasteiger partial charge in [-0.3, -0.25) is 0 Å². The zero-order valence-corrected chi connectivity index (χ0v) is 10.6. The van der Waals surface area contributed by atoms with Crippen LogP contribution in [0.15, 0.2) is 18.3 Å². The number of aromatic nitrogens is 3. The number of hydrogen-bond acceptors (Lipinski definition) is 4. The molecule has 2 aromatic rings. The maximum absolute atomic E-state index is 9.75. The van der Waals surface area contributed by atoms with Crippen LogP contribution in [0.1, 0.15) is 31.5 Å². The van der Waals surface area contributed by atoms with Crippen molar-refractivity contribution in [2.45, 2.75) is 25.7 Å². The van der Waals surface area contributed by atoms with Crippen LogP contribution < -0.4 is 0 Å². The first-order chi connectivity index (χ1) is 8.78. The number of piperidine rings is 1. The van der Waals surface area contributed by atoms with Crippen molar-refractivity contribution in [1.29, 1.82) is 0 Å². The van der Waals surface area contributed by atoms with E-state index in [0.29, 0.717) is 11.6 Å². The number of pyridine rings is 1. The van der Waals surface area contributed by atoms with Crippen LogP contribution in [0.3, 0.4) is 0 Å². The Morgan fingerprint density at radius 3 is 3.17 bits per heavy atom. The smallest absolute Gasteiger partial charge is 0.197 e. The number of fused-ring (bicyclic) bond motifs is 1. The molecule has 5 heteroatoms. The molecular weight excluding hydrogens is 228 g/mol. The number of likely N-dealkylation sites (tertiary alicyclic amines) is 1. The fourth-order valence-electron chi connectivity index (χ4n) is 2.64. The Kier molecular flexibility index (Phi) is 2.91. The highest BCUT2D eigenvalue weighted by Gasteiger charge is 2.24. The van der Waals surface area contributed by atoms with E-state index in [1.165, 1.54) is 13.0 Å². The molecule has 1 aliphatic rings. The molecule has 1 fully saturated rings. The van der Waals surface area contributed by atoms with E-state index in [4.69, 9.17) is 0 Å². The van der Waals surface area contributed by atoms with Crippen LogP contribution in [0.25, 0.3) is 5.65 Å². The third kappa shape index (κ3) is 1.95. The standard InChI is InChI=1S/C13H18N4O/c1-2-16-7-3-5-10(9-16)12-14-13-11(18)6-4-8-17(13)15-12/h4,6,8,10,18H,2-3,5,7,9H2,1H3. The predicted octanol–water partition coefficient (Wildman–Crippen LogP) is 1.63. The van der Waals surface area contributed by atoms with Crippen molar-refractivity contribution < 1.29 is 5.11 Å². The summed E-state index contributed by atoms with van der Waals surface area (Å²) in [5, 5.41) is 14.2. The van der Waals surface area contributed by atoms with Gasteiger partial charge in [-0.15, -0.1) is 0 Å². The van der Waals surface area contributed by atoms with Crippen LogP contribution >= 0.6 is 0 Å². The molecule has 0 saturated carbocycles. The summed E-state index contributed by atoms with van der Waals surface area (Å²) in [6, 6.07) is 3.42. The summed E-state index contributed by atoms with van der Waals surface area (Å²) in [5.41, 5.74) is 0.557. The number of likely N-dealkylation sites (N-methyl/N-ethyl adjacent to an activating group) is 1. The Balaban J connectivity index is 1.92. The van der Waals surface area contributed by atoms with Gasteiger partial charge in [0.05, 0.1) is 0 Å². The minimum absolute atomic E-state index is 0.194. The highest BCUT2D eigenvalue weighted by atomic mass is 16.3. The zero-order valence-electron chi connectivity index (χ0n) is 10.6. The molecule has 0 bridgehead atoms. The Morgan fingerprint density at radius 1 is 1.50 bits per heavy atom. The van der Waals surface area contributed by atoms with E-state index in [9.17, 15) is 5.11 Å². The van der Waals surface area contributed by atoms with Crippen molar-refractivity contribution in [1.82, 2.24) is 19.5 Å². The van der Waals surface area contributed by atoms with Gasteiger partial charge in [0.25, 0.3) is 0 Å². The number of aromatic hydroxyl groups is 1. The van der Waals surface area contributed by atoms with E-state index >= 15 is 0 Å². The van der Waals surface area contributed by atoms with E-state index < -0.39 is 0 Å². The minimum Gasteiger partial charge on any atom is -0.504 e. The van der Waals surface area contributed by atoms with Crippen LogP contribution in [0.4, 0.5) is 0 Å². The molecule has 5 nitrogen and oxygen atoms in total. The lowest BCUT2D eigenvalue weighted by atomic mass is 9.97. The van der Waals surface area contributed by atoms with Crippen molar-refractivity contribution in [3.05, 3.63) is 24.2 Å². The summed E-state index contributed by atoms with van der Waals surface area (Å²) in [4.78, 5) is 6.91. The molecule has 1 aliphatic heterocycles. The van der Waals surface area contributed by atoms with Crippen molar-refractivity contribution in [3.8, 4) is 5.75 Å². The second-order valence-corrected chi connectivity index (χ2v) is 4.86. The summed E-state index contributed by atoms with van der Waals surface area (Å²) in [6.07, 6.45) is 4.15. The Labute approximate surface area is 106 Å². The molecule has 1 saturated heterocycles. The molecule has 0 aromatic carbocycles. The lowest BCUT2D eigenvalue weighted by molar-refractivity contribution is 0.214. The largest absolute Gasteiger partial charge is 0.504 e. The highest BCUT2D eigenvalue weighted by Crippen LogP contribution is 2.26. The summed E-state index contributed by atoms with van der Waals surface area (Å²) in [7, 11) is 0. The molecule has 2 aromatic heterocycles. The fraction of sp³-hybridized carbons (Fsp3) is 0.538. The SMILES string of the molecule is CCN1CCCC(c2nc3c(O)cccn3n2)C1. The average molecular weight is 246 g/mol. The molecule has 0 spiro atoms. The third-order valence-electron chi connectivity index (χ3n) is 3.68. The van der Waals surface area contributed by atoms with Gasteiger partial charge in [-0.05, 0) is 38.1 Å². The van der Waals surface area contributed by atoms with E-state index in [0.717, 1.165) is 25.3 Å².